The van der Waals surface area contributed by atoms with Gasteiger partial charge in [-0.2, -0.15) is 0 Å². The minimum absolute atomic E-state index is 0.0459. The Kier molecular flexibility index (Phi) is 7.29. The predicted molar refractivity (Wildman–Crippen MR) is 161 cm³/mol. The van der Waals surface area contributed by atoms with E-state index in [-0.39, 0.29) is 17.6 Å². The van der Waals surface area contributed by atoms with Crippen LogP contribution in [-0.2, 0) is 22.6 Å². The van der Waals surface area contributed by atoms with Crippen LogP contribution in [0.25, 0.3) is 27.7 Å². The van der Waals surface area contributed by atoms with Crippen LogP contribution < -0.4 is 4.74 Å². The summed E-state index contributed by atoms with van der Waals surface area (Å²) < 4.78 is 11.8. The zero-order chi connectivity index (χ0) is 29.4. The molecule has 6 rings (SSSR count). The summed E-state index contributed by atoms with van der Waals surface area (Å²) in [6.07, 6.45) is 4.16. The van der Waals surface area contributed by atoms with Gasteiger partial charge in [0.25, 0.3) is 5.91 Å². The Morgan fingerprint density at radius 3 is 2.50 bits per heavy atom. The van der Waals surface area contributed by atoms with Crippen molar-refractivity contribution < 1.29 is 23.5 Å². The molecule has 0 bridgehead atoms. The van der Waals surface area contributed by atoms with Crippen molar-refractivity contribution in [1.29, 1.82) is 0 Å². The molecule has 0 saturated carbocycles. The van der Waals surface area contributed by atoms with Crippen molar-refractivity contribution in [2.24, 2.45) is 0 Å². The lowest BCUT2D eigenvalue weighted by Crippen LogP contribution is -2.52. The van der Waals surface area contributed by atoms with Crippen molar-refractivity contribution in [3.63, 3.8) is 0 Å². The monoisotopic (exact) mass is 563 g/mol. The number of para-hydroxylation sites is 1. The maximum atomic E-state index is 13.9. The smallest absolute Gasteiger partial charge is 0.289 e. The lowest BCUT2D eigenvalue weighted by molar-refractivity contribution is -0.141. The fourth-order valence-corrected chi connectivity index (χ4v) is 5.97. The molecule has 8 nitrogen and oxygen atoms in total. The van der Waals surface area contributed by atoms with Crippen molar-refractivity contribution >= 4 is 34.8 Å². The van der Waals surface area contributed by atoms with Crippen LogP contribution in [0.1, 0.15) is 33.7 Å². The number of ether oxygens (including phenoxy) is 1. The van der Waals surface area contributed by atoms with E-state index in [1.807, 2.05) is 65.6 Å². The highest BCUT2D eigenvalue weighted by molar-refractivity contribution is 6.02. The number of hydrogen-bond acceptors (Lipinski definition) is 5. The van der Waals surface area contributed by atoms with Gasteiger partial charge in [0.1, 0.15) is 17.4 Å². The molecule has 1 aromatic heterocycles. The topological polar surface area (TPSA) is 83.3 Å². The molecule has 0 saturated heterocycles. The Labute approximate surface area is 244 Å². The summed E-state index contributed by atoms with van der Waals surface area (Å²) in [5, 5.41) is 0.791. The standard InChI is InChI=1S/C34H33N3O5/c1-35(2)34(40)31-18-26-15-25(16-28(32(26)42-31)27-12-6-7-13-30(27)41-3)24-11-8-14-36(19-24)33(39)29-17-22-9-4-5-10-23(22)20-37(29)21-38/h4-7,9-13,15-16,18,21,29H,8,14,17,19-20H2,1-3H3/t29-/m0/s1. The minimum Gasteiger partial charge on any atom is -0.496 e. The van der Waals surface area contributed by atoms with Gasteiger partial charge >= 0.3 is 0 Å². The van der Waals surface area contributed by atoms with Crippen LogP contribution in [0.2, 0.25) is 0 Å². The molecule has 3 amide bonds. The van der Waals surface area contributed by atoms with Gasteiger partial charge < -0.3 is 23.9 Å². The van der Waals surface area contributed by atoms with Crippen LogP contribution in [0.4, 0.5) is 0 Å². The average Bonchev–Trinajstić information content (AvgIpc) is 3.47. The molecule has 0 spiro atoms. The summed E-state index contributed by atoms with van der Waals surface area (Å²) in [6, 6.07) is 21.0. The lowest BCUT2D eigenvalue weighted by Gasteiger charge is -2.38. The number of methoxy groups -OCH3 is 1. The van der Waals surface area contributed by atoms with Crippen molar-refractivity contribution in [3.8, 4) is 16.9 Å². The van der Waals surface area contributed by atoms with E-state index in [1.165, 1.54) is 4.90 Å². The second kappa shape index (κ2) is 11.2. The first-order chi connectivity index (χ1) is 20.4. The lowest BCUT2D eigenvalue weighted by atomic mass is 9.92. The van der Waals surface area contributed by atoms with E-state index >= 15 is 0 Å². The van der Waals surface area contributed by atoms with E-state index in [4.69, 9.17) is 9.15 Å². The second-order valence-corrected chi connectivity index (χ2v) is 11.0. The van der Waals surface area contributed by atoms with Crippen LogP contribution in [0.5, 0.6) is 5.75 Å². The van der Waals surface area contributed by atoms with E-state index < -0.39 is 6.04 Å². The minimum atomic E-state index is -0.531. The Morgan fingerprint density at radius 2 is 1.74 bits per heavy atom. The molecule has 0 aliphatic carbocycles. The van der Waals surface area contributed by atoms with Crippen LogP contribution in [0.15, 0.2) is 77.2 Å². The molecule has 0 N–H and O–H groups in total. The van der Waals surface area contributed by atoms with Crippen LogP contribution in [0.3, 0.4) is 0 Å². The number of furan rings is 1. The van der Waals surface area contributed by atoms with Crippen LogP contribution in [-0.4, -0.2) is 73.3 Å². The quantitative estimate of drug-likeness (QED) is 0.308. The molecule has 1 atom stereocenters. The van der Waals surface area contributed by atoms with Crippen molar-refractivity contribution in [2.75, 3.05) is 34.3 Å². The third-order valence-corrected chi connectivity index (χ3v) is 8.17. The average molecular weight is 564 g/mol. The van der Waals surface area contributed by atoms with E-state index in [0.29, 0.717) is 43.8 Å². The first kappa shape index (κ1) is 27.3. The summed E-state index contributed by atoms with van der Waals surface area (Å²) >= 11 is 0. The van der Waals surface area contributed by atoms with E-state index in [9.17, 15) is 14.4 Å². The van der Waals surface area contributed by atoms with Crippen LogP contribution in [0, 0.1) is 0 Å². The molecule has 0 fully saturated rings. The van der Waals surface area contributed by atoms with Gasteiger partial charge in [0.05, 0.1) is 7.11 Å². The molecular formula is C34H33N3O5. The Hall–Kier alpha value is -4.85. The fraction of sp³-hybridized carbons (Fsp3) is 0.265. The molecule has 2 aliphatic rings. The van der Waals surface area contributed by atoms with Crippen LogP contribution >= 0.6 is 0 Å². The zero-order valence-electron chi connectivity index (χ0n) is 24.0. The normalized spacial score (nSPS) is 16.5. The molecule has 0 unspecified atom stereocenters. The summed E-state index contributed by atoms with van der Waals surface area (Å²) in [5.74, 6) is 0.676. The van der Waals surface area contributed by atoms with Gasteiger partial charge in [-0.25, -0.2) is 0 Å². The number of carbonyl (C=O) groups excluding carboxylic acids is 3. The van der Waals surface area contributed by atoms with Gasteiger partial charge in [-0.15, -0.1) is 0 Å². The van der Waals surface area contributed by atoms with Gasteiger partial charge in [0.2, 0.25) is 12.3 Å². The van der Waals surface area contributed by atoms with Gasteiger partial charge in [-0.05, 0) is 52.9 Å². The van der Waals surface area contributed by atoms with Crippen molar-refractivity contribution in [3.05, 3.63) is 95.3 Å². The fourth-order valence-electron chi connectivity index (χ4n) is 5.97. The molecule has 3 heterocycles. The van der Waals surface area contributed by atoms with Crippen molar-refractivity contribution in [1.82, 2.24) is 14.7 Å². The van der Waals surface area contributed by atoms with Gasteiger partial charge in [-0.1, -0.05) is 48.5 Å². The van der Waals surface area contributed by atoms with Gasteiger partial charge in [-0.3, -0.25) is 14.4 Å². The SMILES string of the molecule is COc1ccccc1-c1cc(C2=CCCN(C(=O)[C@@H]3Cc4ccccc4CN3C=O)C2)cc2cc(C(=O)N(C)C)oc12. The second-order valence-electron chi connectivity index (χ2n) is 11.0. The van der Waals surface area contributed by atoms with Gasteiger partial charge in [0.15, 0.2) is 5.76 Å². The van der Waals surface area contributed by atoms with E-state index in [2.05, 4.69) is 6.08 Å². The number of hydrogen-bond donors (Lipinski definition) is 0. The maximum Gasteiger partial charge on any atom is 0.289 e. The molecule has 2 aliphatic heterocycles. The highest BCUT2D eigenvalue weighted by Gasteiger charge is 2.34. The molecule has 0 radical (unpaired) electrons. The molecule has 3 aromatic carbocycles. The Morgan fingerprint density at radius 1 is 0.976 bits per heavy atom. The Bertz CT molecular complexity index is 1720. The summed E-state index contributed by atoms with van der Waals surface area (Å²) in [4.78, 5) is 43.6. The summed E-state index contributed by atoms with van der Waals surface area (Å²) in [5.41, 5.74) is 6.37. The molecule has 42 heavy (non-hydrogen) atoms. The predicted octanol–water partition coefficient (Wildman–Crippen LogP) is 5.01. The number of nitrogens with zero attached hydrogens (tertiary/aromatic N) is 3. The summed E-state index contributed by atoms with van der Waals surface area (Å²) in [7, 11) is 5.01. The third-order valence-electron chi connectivity index (χ3n) is 8.17. The highest BCUT2D eigenvalue weighted by atomic mass is 16.5. The molecular weight excluding hydrogens is 530 g/mol. The number of benzene rings is 3. The number of amides is 3. The molecule has 214 valence electrons. The first-order valence-electron chi connectivity index (χ1n) is 14.1. The zero-order valence-corrected chi connectivity index (χ0v) is 24.0. The van der Waals surface area contributed by atoms with E-state index in [0.717, 1.165) is 45.2 Å². The maximum absolute atomic E-state index is 13.9. The Balaban J connectivity index is 1.36. The van der Waals surface area contributed by atoms with Crippen molar-refractivity contribution in [2.45, 2.75) is 25.4 Å². The highest BCUT2D eigenvalue weighted by Crippen LogP contribution is 2.39. The largest absolute Gasteiger partial charge is 0.496 e. The van der Waals surface area contributed by atoms with E-state index in [1.54, 1.807) is 32.2 Å². The molecule has 8 heteroatoms. The van der Waals surface area contributed by atoms with Gasteiger partial charge in [0, 0.05) is 56.7 Å². The number of fused-ring (bicyclic) bond motifs is 2. The number of carbonyl (C=O) groups is 3. The third kappa shape index (κ3) is 4.93. The molecule has 4 aromatic rings. The number of rotatable bonds is 6. The first-order valence-corrected chi connectivity index (χ1v) is 14.1. The summed E-state index contributed by atoms with van der Waals surface area (Å²) in [6.45, 7) is 1.43.